The van der Waals surface area contributed by atoms with Gasteiger partial charge in [-0.05, 0) is 42.7 Å². The molecule has 0 saturated heterocycles. The lowest BCUT2D eigenvalue weighted by Crippen LogP contribution is -2.27. The second-order valence-electron chi connectivity index (χ2n) is 5.52. The van der Waals surface area contributed by atoms with Gasteiger partial charge >= 0.3 is 6.61 Å². The molecule has 0 aliphatic rings. The molecule has 0 atom stereocenters. The van der Waals surface area contributed by atoms with Gasteiger partial charge in [0.1, 0.15) is 0 Å². The van der Waals surface area contributed by atoms with Gasteiger partial charge in [-0.25, -0.2) is 0 Å². The molecule has 0 radical (unpaired) electrons. The summed E-state index contributed by atoms with van der Waals surface area (Å²) in [5.41, 5.74) is 2.00. The summed E-state index contributed by atoms with van der Waals surface area (Å²) in [6, 6.07) is 12.7. The number of hydrogen-bond acceptors (Lipinski definition) is 4. The maximum atomic E-state index is 12.3. The Balaban J connectivity index is 1.80. The lowest BCUT2D eigenvalue weighted by molar-refractivity contribution is -0.118. The number of carbonyl (C=O) groups is 1. The number of halogens is 2. The van der Waals surface area contributed by atoms with E-state index in [0.717, 1.165) is 16.0 Å². The lowest BCUT2D eigenvalue weighted by atomic mass is 10.1. The molecular formula is C19H21F2NO3S. The molecule has 0 aromatic heterocycles. The van der Waals surface area contributed by atoms with Crippen molar-refractivity contribution in [3.05, 3.63) is 53.6 Å². The van der Waals surface area contributed by atoms with Crippen molar-refractivity contribution in [1.29, 1.82) is 0 Å². The highest BCUT2D eigenvalue weighted by atomic mass is 32.2. The minimum Gasteiger partial charge on any atom is -0.493 e. The van der Waals surface area contributed by atoms with Gasteiger partial charge in [-0.2, -0.15) is 8.78 Å². The first-order valence-corrected chi connectivity index (χ1v) is 9.05. The molecule has 0 unspecified atom stereocenters. The normalized spacial score (nSPS) is 10.7. The van der Waals surface area contributed by atoms with Crippen LogP contribution in [0.4, 0.5) is 8.78 Å². The number of methoxy groups -OCH3 is 1. The van der Waals surface area contributed by atoms with E-state index in [0.29, 0.717) is 18.7 Å². The highest BCUT2D eigenvalue weighted by Gasteiger charge is 2.11. The molecule has 26 heavy (non-hydrogen) atoms. The second kappa shape index (κ2) is 10.0. The first kappa shape index (κ1) is 20.0. The summed E-state index contributed by atoms with van der Waals surface area (Å²) in [6.45, 7) is -0.444. The van der Waals surface area contributed by atoms with Crippen molar-refractivity contribution in [1.82, 2.24) is 5.32 Å². The number of benzene rings is 2. The van der Waals surface area contributed by atoms with E-state index in [-0.39, 0.29) is 17.4 Å². The van der Waals surface area contributed by atoms with Crippen LogP contribution in [0, 0.1) is 6.92 Å². The van der Waals surface area contributed by atoms with Crippen LogP contribution >= 0.6 is 11.8 Å². The fourth-order valence-electron chi connectivity index (χ4n) is 2.32. The van der Waals surface area contributed by atoms with Crippen LogP contribution in [0.25, 0.3) is 0 Å². The number of amides is 1. The molecule has 4 nitrogen and oxygen atoms in total. The van der Waals surface area contributed by atoms with Crippen molar-refractivity contribution in [3.63, 3.8) is 0 Å². The summed E-state index contributed by atoms with van der Waals surface area (Å²) >= 11 is 1.50. The predicted octanol–water partition coefficient (Wildman–Crippen LogP) is 4.06. The minimum absolute atomic E-state index is 0.00934. The van der Waals surface area contributed by atoms with Crippen LogP contribution in [-0.2, 0) is 11.2 Å². The van der Waals surface area contributed by atoms with Gasteiger partial charge in [-0.3, -0.25) is 4.79 Å². The highest BCUT2D eigenvalue weighted by Crippen LogP contribution is 2.29. The average Bonchev–Trinajstić information content (AvgIpc) is 2.61. The zero-order valence-corrected chi connectivity index (χ0v) is 15.4. The molecule has 140 valence electrons. The number of carbonyl (C=O) groups excluding carboxylic acids is 1. The Bertz CT molecular complexity index is 740. The van der Waals surface area contributed by atoms with Crippen LogP contribution in [0.2, 0.25) is 0 Å². The third-order valence-electron chi connectivity index (χ3n) is 3.63. The van der Waals surface area contributed by atoms with E-state index in [2.05, 4.69) is 10.1 Å². The maximum absolute atomic E-state index is 12.3. The van der Waals surface area contributed by atoms with Crippen LogP contribution in [0.5, 0.6) is 11.5 Å². The van der Waals surface area contributed by atoms with E-state index in [1.807, 2.05) is 31.2 Å². The van der Waals surface area contributed by atoms with Crippen LogP contribution in [0.1, 0.15) is 11.1 Å². The predicted molar refractivity (Wildman–Crippen MR) is 98.2 cm³/mol. The molecule has 0 spiro atoms. The molecule has 7 heteroatoms. The second-order valence-corrected chi connectivity index (χ2v) is 6.54. The molecule has 2 rings (SSSR count). The van der Waals surface area contributed by atoms with E-state index >= 15 is 0 Å². The molecule has 0 saturated carbocycles. The Morgan fingerprint density at radius 3 is 2.65 bits per heavy atom. The Labute approximate surface area is 155 Å². The molecule has 0 fully saturated rings. The van der Waals surface area contributed by atoms with Gasteiger partial charge in [0, 0.05) is 11.4 Å². The summed E-state index contributed by atoms with van der Waals surface area (Å²) in [4.78, 5) is 13.0. The number of rotatable bonds is 9. The van der Waals surface area contributed by atoms with Gasteiger partial charge in [0.25, 0.3) is 0 Å². The summed E-state index contributed by atoms with van der Waals surface area (Å²) in [5, 5.41) is 2.85. The summed E-state index contributed by atoms with van der Waals surface area (Å²) in [5.74, 6) is 0.520. The van der Waals surface area contributed by atoms with Crippen molar-refractivity contribution in [2.45, 2.75) is 24.9 Å². The van der Waals surface area contributed by atoms with Crippen LogP contribution in [0.3, 0.4) is 0 Å². The fourth-order valence-corrected chi connectivity index (χ4v) is 3.18. The molecule has 0 bridgehead atoms. The van der Waals surface area contributed by atoms with Crippen molar-refractivity contribution in [2.75, 3.05) is 19.4 Å². The van der Waals surface area contributed by atoms with Gasteiger partial charge in [-0.1, -0.05) is 24.3 Å². The quantitative estimate of drug-likeness (QED) is 0.666. The third-order valence-corrected chi connectivity index (χ3v) is 4.81. The Hall–Kier alpha value is -2.28. The highest BCUT2D eigenvalue weighted by molar-refractivity contribution is 8.00. The van der Waals surface area contributed by atoms with Gasteiger partial charge in [0.2, 0.25) is 5.91 Å². The molecule has 0 heterocycles. The number of alkyl halides is 2. The van der Waals surface area contributed by atoms with E-state index in [1.165, 1.54) is 24.9 Å². The van der Waals surface area contributed by atoms with Gasteiger partial charge in [-0.15, -0.1) is 11.8 Å². The SMILES string of the molecule is COc1cc(CCNC(=O)CSc2ccccc2C)ccc1OC(F)F. The third kappa shape index (κ3) is 6.22. The standard InChI is InChI=1S/C19H21F2NO3S/c1-13-5-3-4-6-17(13)26-12-18(23)22-10-9-14-7-8-15(25-19(20)21)16(11-14)24-2/h3-8,11,19H,9-10,12H2,1-2H3,(H,22,23). The molecule has 1 amide bonds. The summed E-state index contributed by atoms with van der Waals surface area (Å²) in [7, 11) is 1.39. The zero-order chi connectivity index (χ0) is 18.9. The van der Waals surface area contributed by atoms with E-state index in [1.54, 1.807) is 12.1 Å². The number of aryl methyl sites for hydroxylation is 1. The van der Waals surface area contributed by atoms with Crippen molar-refractivity contribution in [3.8, 4) is 11.5 Å². The number of hydrogen-bond donors (Lipinski definition) is 1. The summed E-state index contributed by atoms with van der Waals surface area (Å²) in [6.07, 6.45) is 0.562. The van der Waals surface area contributed by atoms with Gasteiger partial charge in [0.15, 0.2) is 11.5 Å². The molecule has 1 N–H and O–H groups in total. The smallest absolute Gasteiger partial charge is 0.387 e. The molecule has 0 aliphatic carbocycles. The molecule has 2 aromatic rings. The number of ether oxygens (including phenoxy) is 2. The Kier molecular flexibility index (Phi) is 7.72. The minimum atomic E-state index is -2.90. The zero-order valence-electron chi connectivity index (χ0n) is 14.6. The molecule has 2 aromatic carbocycles. The summed E-state index contributed by atoms with van der Waals surface area (Å²) < 4.78 is 34.1. The Morgan fingerprint density at radius 1 is 1.19 bits per heavy atom. The van der Waals surface area contributed by atoms with Crippen molar-refractivity contribution >= 4 is 17.7 Å². The van der Waals surface area contributed by atoms with E-state index in [4.69, 9.17) is 4.74 Å². The van der Waals surface area contributed by atoms with Crippen LogP contribution < -0.4 is 14.8 Å². The fraction of sp³-hybridized carbons (Fsp3) is 0.316. The van der Waals surface area contributed by atoms with Crippen LogP contribution in [-0.4, -0.2) is 31.9 Å². The number of thioether (sulfide) groups is 1. The first-order valence-electron chi connectivity index (χ1n) is 8.06. The first-order chi connectivity index (χ1) is 12.5. The largest absolute Gasteiger partial charge is 0.493 e. The molecule has 0 aliphatic heterocycles. The Morgan fingerprint density at radius 2 is 1.96 bits per heavy atom. The topological polar surface area (TPSA) is 47.6 Å². The van der Waals surface area contributed by atoms with Gasteiger partial charge in [0.05, 0.1) is 12.9 Å². The van der Waals surface area contributed by atoms with E-state index in [9.17, 15) is 13.6 Å². The lowest BCUT2D eigenvalue weighted by Gasteiger charge is -2.12. The molecular weight excluding hydrogens is 360 g/mol. The van der Waals surface area contributed by atoms with Crippen LogP contribution in [0.15, 0.2) is 47.4 Å². The monoisotopic (exact) mass is 381 g/mol. The van der Waals surface area contributed by atoms with Gasteiger partial charge < -0.3 is 14.8 Å². The van der Waals surface area contributed by atoms with Crippen molar-refractivity contribution < 1.29 is 23.0 Å². The van der Waals surface area contributed by atoms with E-state index < -0.39 is 6.61 Å². The average molecular weight is 381 g/mol. The maximum Gasteiger partial charge on any atom is 0.387 e. The number of nitrogens with one attached hydrogen (secondary N) is 1. The van der Waals surface area contributed by atoms with Crippen molar-refractivity contribution in [2.24, 2.45) is 0 Å².